The first-order valence-electron chi connectivity index (χ1n) is 5.16. The number of aromatic nitrogens is 2. The Morgan fingerprint density at radius 3 is 2.87 bits per heavy atom. The largest absolute Gasteiger partial charge is 0.372 e. The second-order valence-electron chi connectivity index (χ2n) is 4.35. The van der Waals surface area contributed by atoms with Gasteiger partial charge in [-0.1, -0.05) is 6.92 Å². The van der Waals surface area contributed by atoms with Gasteiger partial charge in [-0.15, -0.1) is 11.3 Å². The van der Waals surface area contributed by atoms with Crippen LogP contribution in [0.1, 0.15) is 25.6 Å². The molecule has 2 aromatic heterocycles. The van der Waals surface area contributed by atoms with Crippen LogP contribution in [0.4, 0.5) is 5.82 Å². The van der Waals surface area contributed by atoms with Crippen LogP contribution < -0.4 is 5.32 Å². The van der Waals surface area contributed by atoms with Crippen molar-refractivity contribution in [1.29, 1.82) is 0 Å². The summed E-state index contributed by atoms with van der Waals surface area (Å²) in [7, 11) is 1.92. The molecular weight excluding hydrogens is 206 g/mol. The molecule has 78 valence electrons. The molecule has 2 heterocycles. The van der Waals surface area contributed by atoms with E-state index in [4.69, 9.17) is 0 Å². The van der Waals surface area contributed by atoms with Gasteiger partial charge in [-0.25, -0.2) is 9.97 Å². The highest BCUT2D eigenvalue weighted by Crippen LogP contribution is 2.46. The van der Waals surface area contributed by atoms with Gasteiger partial charge in [0.05, 0.1) is 5.39 Å². The Bertz CT molecular complexity index is 514. The minimum atomic E-state index is 0.240. The third-order valence-corrected chi connectivity index (χ3v) is 3.91. The molecule has 1 aliphatic carbocycles. The van der Waals surface area contributed by atoms with Crippen LogP contribution in [0.3, 0.4) is 0 Å². The Morgan fingerprint density at radius 1 is 1.40 bits per heavy atom. The van der Waals surface area contributed by atoms with Crippen molar-refractivity contribution in [1.82, 2.24) is 9.97 Å². The van der Waals surface area contributed by atoms with Crippen LogP contribution in [0, 0.1) is 0 Å². The first kappa shape index (κ1) is 9.09. The Morgan fingerprint density at radius 2 is 2.20 bits per heavy atom. The molecule has 1 saturated carbocycles. The van der Waals surface area contributed by atoms with E-state index in [-0.39, 0.29) is 5.41 Å². The van der Waals surface area contributed by atoms with E-state index in [1.165, 1.54) is 12.8 Å². The SMILES string of the molecule is CNc1nc(C2(C)CC2)nc2sccc12. The van der Waals surface area contributed by atoms with Gasteiger partial charge in [0, 0.05) is 12.5 Å². The van der Waals surface area contributed by atoms with E-state index >= 15 is 0 Å². The molecule has 0 bridgehead atoms. The van der Waals surface area contributed by atoms with Crippen LogP contribution in [0.2, 0.25) is 0 Å². The zero-order chi connectivity index (χ0) is 10.5. The average Bonchev–Trinajstić information content (AvgIpc) is 2.82. The van der Waals surface area contributed by atoms with Gasteiger partial charge in [0.1, 0.15) is 16.5 Å². The van der Waals surface area contributed by atoms with E-state index in [0.717, 1.165) is 21.9 Å². The summed E-state index contributed by atoms with van der Waals surface area (Å²) < 4.78 is 0. The lowest BCUT2D eigenvalue weighted by Gasteiger charge is -2.09. The predicted molar refractivity (Wildman–Crippen MR) is 63.5 cm³/mol. The van der Waals surface area contributed by atoms with Gasteiger partial charge in [0.15, 0.2) is 0 Å². The standard InChI is InChI=1S/C11H13N3S/c1-11(4-5-11)10-13-8(12-2)7-3-6-15-9(7)14-10/h3,6H,4-5H2,1-2H3,(H,12,13,14). The topological polar surface area (TPSA) is 37.8 Å². The molecule has 1 N–H and O–H groups in total. The number of thiophene rings is 1. The zero-order valence-corrected chi connectivity index (χ0v) is 9.69. The Balaban J connectivity index is 2.24. The van der Waals surface area contributed by atoms with E-state index in [9.17, 15) is 0 Å². The normalized spacial score (nSPS) is 18.0. The lowest BCUT2D eigenvalue weighted by atomic mass is 10.1. The van der Waals surface area contributed by atoms with Gasteiger partial charge in [0.2, 0.25) is 0 Å². The monoisotopic (exact) mass is 219 g/mol. The second-order valence-corrected chi connectivity index (χ2v) is 5.24. The molecule has 3 nitrogen and oxygen atoms in total. The molecule has 15 heavy (non-hydrogen) atoms. The minimum absolute atomic E-state index is 0.240. The number of hydrogen-bond donors (Lipinski definition) is 1. The quantitative estimate of drug-likeness (QED) is 0.844. The van der Waals surface area contributed by atoms with Crippen LogP contribution in [-0.4, -0.2) is 17.0 Å². The summed E-state index contributed by atoms with van der Waals surface area (Å²) in [6.07, 6.45) is 2.43. The van der Waals surface area contributed by atoms with Crippen LogP contribution in [0.5, 0.6) is 0 Å². The van der Waals surface area contributed by atoms with Crippen molar-refractivity contribution in [2.24, 2.45) is 0 Å². The first-order valence-corrected chi connectivity index (χ1v) is 6.04. The van der Waals surface area contributed by atoms with Gasteiger partial charge >= 0.3 is 0 Å². The van der Waals surface area contributed by atoms with Gasteiger partial charge in [0.25, 0.3) is 0 Å². The molecule has 0 spiro atoms. The molecule has 2 aromatic rings. The lowest BCUT2D eigenvalue weighted by molar-refractivity contribution is 0.717. The fourth-order valence-electron chi connectivity index (χ4n) is 1.73. The highest BCUT2D eigenvalue weighted by atomic mass is 32.1. The van der Waals surface area contributed by atoms with Gasteiger partial charge in [-0.2, -0.15) is 0 Å². The predicted octanol–water partition coefficient (Wildman–Crippen LogP) is 2.78. The van der Waals surface area contributed by atoms with Crippen molar-refractivity contribution in [2.75, 3.05) is 12.4 Å². The summed E-state index contributed by atoms with van der Waals surface area (Å²) >= 11 is 1.68. The maximum absolute atomic E-state index is 4.64. The van der Waals surface area contributed by atoms with Crippen molar-refractivity contribution >= 4 is 27.4 Å². The van der Waals surface area contributed by atoms with Crippen LogP contribution in [0.15, 0.2) is 11.4 Å². The van der Waals surface area contributed by atoms with E-state index in [1.54, 1.807) is 11.3 Å². The minimum Gasteiger partial charge on any atom is -0.372 e. The Labute approximate surface area is 92.6 Å². The maximum Gasteiger partial charge on any atom is 0.138 e. The summed E-state index contributed by atoms with van der Waals surface area (Å²) in [4.78, 5) is 10.3. The third-order valence-electron chi connectivity index (χ3n) is 3.10. The fraction of sp³-hybridized carbons (Fsp3) is 0.455. The summed E-state index contributed by atoms with van der Waals surface area (Å²) in [5.41, 5.74) is 0.240. The smallest absolute Gasteiger partial charge is 0.138 e. The number of fused-ring (bicyclic) bond motifs is 1. The van der Waals surface area contributed by atoms with Crippen LogP contribution >= 0.6 is 11.3 Å². The maximum atomic E-state index is 4.64. The fourth-order valence-corrected chi connectivity index (χ4v) is 2.49. The second kappa shape index (κ2) is 2.92. The molecule has 0 amide bonds. The lowest BCUT2D eigenvalue weighted by Crippen LogP contribution is -2.08. The Kier molecular flexibility index (Phi) is 1.77. The first-order chi connectivity index (χ1) is 7.23. The molecule has 0 radical (unpaired) electrons. The number of rotatable bonds is 2. The molecular formula is C11H13N3S. The number of nitrogens with one attached hydrogen (secondary N) is 1. The summed E-state index contributed by atoms with van der Waals surface area (Å²) in [6, 6.07) is 2.07. The molecule has 0 atom stereocenters. The van der Waals surface area contributed by atoms with Crippen LogP contribution in [-0.2, 0) is 5.41 Å². The summed E-state index contributed by atoms with van der Waals surface area (Å²) in [5, 5.41) is 6.36. The third kappa shape index (κ3) is 1.32. The zero-order valence-electron chi connectivity index (χ0n) is 8.87. The van der Waals surface area contributed by atoms with Gasteiger partial charge < -0.3 is 5.32 Å². The molecule has 1 fully saturated rings. The summed E-state index contributed by atoms with van der Waals surface area (Å²) in [6.45, 7) is 2.24. The number of hydrogen-bond acceptors (Lipinski definition) is 4. The molecule has 1 aliphatic rings. The van der Waals surface area contributed by atoms with Crippen molar-refractivity contribution in [3.63, 3.8) is 0 Å². The molecule has 4 heteroatoms. The molecule has 0 aliphatic heterocycles. The molecule has 0 aromatic carbocycles. The van der Waals surface area contributed by atoms with Crippen molar-refractivity contribution < 1.29 is 0 Å². The van der Waals surface area contributed by atoms with E-state index < -0.39 is 0 Å². The average molecular weight is 219 g/mol. The highest BCUT2D eigenvalue weighted by Gasteiger charge is 2.42. The molecule has 0 saturated heterocycles. The van der Waals surface area contributed by atoms with Crippen LogP contribution in [0.25, 0.3) is 10.2 Å². The molecule has 3 rings (SSSR count). The number of anilines is 1. The van der Waals surface area contributed by atoms with Crippen molar-refractivity contribution in [2.45, 2.75) is 25.2 Å². The Hall–Kier alpha value is -1.16. The van der Waals surface area contributed by atoms with E-state index in [2.05, 4.69) is 33.7 Å². The van der Waals surface area contributed by atoms with Gasteiger partial charge in [-0.05, 0) is 24.3 Å². The van der Waals surface area contributed by atoms with Crippen molar-refractivity contribution in [3.05, 3.63) is 17.3 Å². The van der Waals surface area contributed by atoms with Crippen molar-refractivity contribution in [3.8, 4) is 0 Å². The number of nitrogens with zero attached hydrogens (tertiary/aromatic N) is 2. The van der Waals surface area contributed by atoms with Gasteiger partial charge in [-0.3, -0.25) is 0 Å². The summed E-state index contributed by atoms with van der Waals surface area (Å²) in [5.74, 6) is 1.96. The van der Waals surface area contributed by atoms with E-state index in [0.29, 0.717) is 0 Å². The molecule has 0 unspecified atom stereocenters. The highest BCUT2D eigenvalue weighted by molar-refractivity contribution is 7.16. The van der Waals surface area contributed by atoms with E-state index in [1.807, 2.05) is 7.05 Å².